The zero-order valence-electron chi connectivity index (χ0n) is 10.9. The Kier molecular flexibility index (Phi) is 3.56. The topological polar surface area (TPSA) is 71.2 Å². The van der Waals surface area contributed by atoms with Gasteiger partial charge in [-0.15, -0.1) is 0 Å². The van der Waals surface area contributed by atoms with Crippen molar-refractivity contribution < 1.29 is 8.83 Å². The number of furan rings is 1. The first kappa shape index (κ1) is 12.9. The first-order valence-corrected chi connectivity index (χ1v) is 7.57. The number of H-pyrrole nitrogens is 1. The van der Waals surface area contributed by atoms with Gasteiger partial charge in [0.1, 0.15) is 11.5 Å². The van der Waals surface area contributed by atoms with E-state index in [1.54, 1.807) is 17.8 Å². The van der Waals surface area contributed by atoms with E-state index in [9.17, 15) is 4.79 Å². The molecule has 2 aromatic heterocycles. The van der Waals surface area contributed by atoms with Gasteiger partial charge in [0.15, 0.2) is 5.58 Å². The highest BCUT2D eigenvalue weighted by Gasteiger charge is 2.04. The molecule has 3 aromatic rings. The monoisotopic (exact) mass is 290 g/mol. The van der Waals surface area contributed by atoms with Crippen molar-refractivity contribution in [3.05, 3.63) is 52.4 Å². The summed E-state index contributed by atoms with van der Waals surface area (Å²) in [6.45, 7) is 0.599. The van der Waals surface area contributed by atoms with Gasteiger partial charge in [0, 0.05) is 5.69 Å². The maximum atomic E-state index is 11.1. The zero-order chi connectivity index (χ0) is 13.9. The Labute approximate surface area is 119 Å². The summed E-state index contributed by atoms with van der Waals surface area (Å²) >= 11 is 1.73. The van der Waals surface area contributed by atoms with Gasteiger partial charge in [-0.1, -0.05) is 0 Å². The number of rotatable bonds is 5. The molecular formula is C14H14N2O3S. The van der Waals surface area contributed by atoms with E-state index in [1.807, 2.05) is 30.5 Å². The number of aromatic amines is 1. The Morgan fingerprint density at radius 1 is 1.20 bits per heavy atom. The number of benzene rings is 1. The van der Waals surface area contributed by atoms with Crippen molar-refractivity contribution in [1.29, 1.82) is 0 Å². The molecule has 0 bridgehead atoms. The summed E-state index contributed by atoms with van der Waals surface area (Å²) in [5, 5.41) is 3.25. The second-order valence-electron chi connectivity index (χ2n) is 4.38. The van der Waals surface area contributed by atoms with Crippen LogP contribution in [0.1, 0.15) is 11.5 Å². The van der Waals surface area contributed by atoms with Crippen LogP contribution in [0.15, 0.2) is 44.0 Å². The number of fused-ring (bicyclic) bond motifs is 1. The maximum Gasteiger partial charge on any atom is 0.417 e. The number of anilines is 1. The SMILES string of the molecule is CSCc1ccc(CNc2ccc3oc(=O)[nH]c3c2)o1. The van der Waals surface area contributed by atoms with Crippen molar-refractivity contribution in [3.63, 3.8) is 0 Å². The molecule has 0 saturated heterocycles. The van der Waals surface area contributed by atoms with Crippen LogP contribution in [0.3, 0.4) is 0 Å². The zero-order valence-corrected chi connectivity index (χ0v) is 11.8. The molecule has 0 fully saturated rings. The largest absolute Gasteiger partial charge is 0.463 e. The molecule has 0 amide bonds. The van der Waals surface area contributed by atoms with Gasteiger partial charge in [-0.3, -0.25) is 4.98 Å². The third-order valence-electron chi connectivity index (χ3n) is 2.89. The van der Waals surface area contributed by atoms with E-state index in [2.05, 4.69) is 10.3 Å². The van der Waals surface area contributed by atoms with Crippen LogP contribution in [0.2, 0.25) is 0 Å². The highest BCUT2D eigenvalue weighted by molar-refractivity contribution is 7.97. The molecule has 5 nitrogen and oxygen atoms in total. The van der Waals surface area contributed by atoms with Crippen LogP contribution in [-0.2, 0) is 12.3 Å². The molecule has 6 heteroatoms. The van der Waals surface area contributed by atoms with E-state index in [4.69, 9.17) is 8.83 Å². The van der Waals surface area contributed by atoms with Crippen LogP contribution in [0.25, 0.3) is 11.1 Å². The quantitative estimate of drug-likeness (QED) is 0.755. The molecule has 0 aliphatic heterocycles. The molecule has 0 spiro atoms. The van der Waals surface area contributed by atoms with Crippen LogP contribution in [0.4, 0.5) is 5.69 Å². The fraction of sp³-hybridized carbons (Fsp3) is 0.214. The molecule has 20 heavy (non-hydrogen) atoms. The van der Waals surface area contributed by atoms with Gasteiger partial charge < -0.3 is 14.2 Å². The first-order chi connectivity index (χ1) is 9.74. The molecule has 0 saturated carbocycles. The van der Waals surface area contributed by atoms with Gasteiger partial charge >= 0.3 is 5.76 Å². The van der Waals surface area contributed by atoms with Crippen molar-refractivity contribution in [1.82, 2.24) is 4.98 Å². The van der Waals surface area contributed by atoms with Crippen molar-refractivity contribution in [2.75, 3.05) is 11.6 Å². The van der Waals surface area contributed by atoms with E-state index in [1.165, 1.54) is 0 Å². The Morgan fingerprint density at radius 2 is 2.05 bits per heavy atom. The number of hydrogen-bond donors (Lipinski definition) is 2. The Morgan fingerprint density at radius 3 is 2.90 bits per heavy atom. The van der Waals surface area contributed by atoms with Gasteiger partial charge in [-0.2, -0.15) is 11.8 Å². The first-order valence-electron chi connectivity index (χ1n) is 6.18. The Bertz CT molecular complexity index is 772. The predicted molar refractivity (Wildman–Crippen MR) is 80.1 cm³/mol. The van der Waals surface area contributed by atoms with Gasteiger partial charge in [0.25, 0.3) is 0 Å². The predicted octanol–water partition coefficient (Wildman–Crippen LogP) is 3.19. The average Bonchev–Trinajstić information content (AvgIpc) is 3.01. The minimum atomic E-state index is -0.440. The molecule has 0 radical (unpaired) electrons. The maximum absolute atomic E-state index is 11.1. The smallest absolute Gasteiger partial charge is 0.417 e. The molecule has 0 aliphatic carbocycles. The second-order valence-corrected chi connectivity index (χ2v) is 5.25. The summed E-state index contributed by atoms with van der Waals surface area (Å²) in [4.78, 5) is 13.7. The fourth-order valence-corrected chi connectivity index (χ4v) is 2.43. The molecule has 0 unspecified atom stereocenters. The normalized spacial score (nSPS) is 11.1. The number of thioether (sulfide) groups is 1. The molecule has 104 valence electrons. The van der Waals surface area contributed by atoms with Crippen LogP contribution in [-0.4, -0.2) is 11.2 Å². The second kappa shape index (κ2) is 5.50. The lowest BCUT2D eigenvalue weighted by atomic mass is 10.3. The van der Waals surface area contributed by atoms with E-state index in [-0.39, 0.29) is 0 Å². The van der Waals surface area contributed by atoms with Crippen LogP contribution in [0.5, 0.6) is 0 Å². The highest BCUT2D eigenvalue weighted by Crippen LogP contribution is 2.18. The number of hydrogen-bond acceptors (Lipinski definition) is 5. The lowest BCUT2D eigenvalue weighted by Crippen LogP contribution is -1.98. The van der Waals surface area contributed by atoms with Crippen molar-refractivity contribution in [2.45, 2.75) is 12.3 Å². The molecule has 0 atom stereocenters. The minimum absolute atomic E-state index is 0.440. The van der Waals surface area contributed by atoms with Crippen molar-refractivity contribution in [2.24, 2.45) is 0 Å². The summed E-state index contributed by atoms with van der Waals surface area (Å²) in [7, 11) is 0. The number of oxazole rings is 1. The molecule has 0 aliphatic rings. The van der Waals surface area contributed by atoms with E-state index in [0.29, 0.717) is 17.6 Å². The van der Waals surface area contributed by atoms with E-state index in [0.717, 1.165) is 23.0 Å². The third kappa shape index (κ3) is 2.75. The number of nitrogens with one attached hydrogen (secondary N) is 2. The van der Waals surface area contributed by atoms with E-state index >= 15 is 0 Å². The van der Waals surface area contributed by atoms with Gasteiger partial charge in [-0.25, -0.2) is 4.79 Å². The van der Waals surface area contributed by atoms with Crippen LogP contribution >= 0.6 is 11.8 Å². The van der Waals surface area contributed by atoms with Crippen molar-refractivity contribution in [3.8, 4) is 0 Å². The number of aromatic nitrogens is 1. The van der Waals surface area contributed by atoms with Gasteiger partial charge in [0.05, 0.1) is 17.8 Å². The summed E-state index contributed by atoms with van der Waals surface area (Å²) < 4.78 is 10.6. The van der Waals surface area contributed by atoms with Crippen LogP contribution < -0.4 is 11.1 Å². The third-order valence-corrected chi connectivity index (χ3v) is 3.46. The average molecular weight is 290 g/mol. The summed E-state index contributed by atoms with van der Waals surface area (Å²) in [5.41, 5.74) is 2.14. The standard InChI is InChI=1S/C14H14N2O3S/c1-20-8-11-4-3-10(18-11)7-15-9-2-5-13-12(6-9)16-14(17)19-13/h2-6,15H,7-8H2,1H3,(H,16,17). The summed E-state index contributed by atoms with van der Waals surface area (Å²) in [5.74, 6) is 2.30. The molecule has 3 rings (SSSR count). The molecule has 2 heterocycles. The molecule has 1 aromatic carbocycles. The molecule has 2 N–H and O–H groups in total. The van der Waals surface area contributed by atoms with Gasteiger partial charge in [-0.05, 0) is 36.6 Å². The summed E-state index contributed by atoms with van der Waals surface area (Å²) in [6.07, 6.45) is 2.04. The Hall–Kier alpha value is -2.08. The molecular weight excluding hydrogens is 276 g/mol. The Balaban J connectivity index is 1.70. The lowest BCUT2D eigenvalue weighted by molar-refractivity contribution is 0.487. The lowest BCUT2D eigenvalue weighted by Gasteiger charge is -2.03. The highest BCUT2D eigenvalue weighted by atomic mass is 32.2. The summed E-state index contributed by atoms with van der Waals surface area (Å²) in [6, 6.07) is 9.43. The van der Waals surface area contributed by atoms with Crippen LogP contribution in [0, 0.1) is 0 Å². The minimum Gasteiger partial charge on any atom is -0.463 e. The van der Waals surface area contributed by atoms with Crippen molar-refractivity contribution >= 4 is 28.5 Å². The van der Waals surface area contributed by atoms with E-state index < -0.39 is 5.76 Å². The fourth-order valence-electron chi connectivity index (χ4n) is 1.99. The van der Waals surface area contributed by atoms with Gasteiger partial charge in [0.2, 0.25) is 0 Å².